The van der Waals surface area contributed by atoms with E-state index in [4.69, 9.17) is 14.2 Å². The fourth-order valence-corrected chi connectivity index (χ4v) is 2.49. The van der Waals surface area contributed by atoms with Crippen LogP contribution in [0.2, 0.25) is 0 Å². The molecule has 0 spiro atoms. The highest BCUT2D eigenvalue weighted by Crippen LogP contribution is 2.37. The summed E-state index contributed by atoms with van der Waals surface area (Å²) < 4.78 is 29.4. The number of ether oxygens (including phenoxy) is 3. The lowest BCUT2D eigenvalue weighted by atomic mass is 10.1. The fraction of sp³-hybridized carbons (Fsp3) is 0.125. The van der Waals surface area contributed by atoms with Crippen molar-refractivity contribution in [1.82, 2.24) is 0 Å². The molecule has 0 atom stereocenters. The van der Waals surface area contributed by atoms with Gasteiger partial charge in [0.1, 0.15) is 5.82 Å². The summed E-state index contributed by atoms with van der Waals surface area (Å²) in [6.45, 7) is -0.100. The first-order chi connectivity index (χ1) is 11.6. The van der Waals surface area contributed by atoms with Gasteiger partial charge in [0, 0.05) is 17.7 Å². The van der Waals surface area contributed by atoms with Crippen molar-refractivity contribution in [3.63, 3.8) is 0 Å². The maximum Gasteiger partial charge on any atom is 0.262 e. The average Bonchev–Trinajstić information content (AvgIpc) is 3.01. The fourth-order valence-electron chi connectivity index (χ4n) is 2.49. The van der Waals surface area contributed by atoms with Gasteiger partial charge in [-0.25, -0.2) is 4.39 Å². The van der Waals surface area contributed by atoms with Crippen LogP contribution in [0.5, 0.6) is 17.2 Å². The zero-order chi connectivity index (χ0) is 16.7. The highest BCUT2D eigenvalue weighted by atomic mass is 19.1. The summed E-state index contributed by atoms with van der Waals surface area (Å²) in [5.41, 5.74) is 0.622. The number of anilines is 2. The summed E-state index contributed by atoms with van der Waals surface area (Å²) in [6.07, 6.45) is 0. The number of hydrogen-bond acceptors (Lipinski definition) is 5. The summed E-state index contributed by atoms with van der Waals surface area (Å²) in [7, 11) is 0. The number of hydrogen-bond donors (Lipinski definition) is 2. The van der Waals surface area contributed by atoms with Gasteiger partial charge in [-0.2, -0.15) is 0 Å². The van der Waals surface area contributed by atoms with E-state index in [0.29, 0.717) is 17.1 Å². The zero-order valence-electron chi connectivity index (χ0n) is 12.2. The highest BCUT2D eigenvalue weighted by Gasteiger charge is 2.23. The molecule has 2 aliphatic rings. The van der Waals surface area contributed by atoms with Gasteiger partial charge in [0.2, 0.25) is 6.79 Å². The molecule has 8 heteroatoms. The first-order valence-electron chi connectivity index (χ1n) is 7.07. The lowest BCUT2D eigenvalue weighted by molar-refractivity contribution is -0.118. The number of amides is 2. The quantitative estimate of drug-likeness (QED) is 0.881. The molecule has 0 saturated carbocycles. The van der Waals surface area contributed by atoms with Crippen molar-refractivity contribution in [2.24, 2.45) is 0 Å². The van der Waals surface area contributed by atoms with Crippen LogP contribution in [-0.4, -0.2) is 25.2 Å². The van der Waals surface area contributed by atoms with E-state index in [0.717, 1.165) is 12.1 Å². The molecule has 2 N–H and O–H groups in total. The minimum atomic E-state index is -0.611. The van der Waals surface area contributed by atoms with E-state index in [1.54, 1.807) is 12.1 Å². The number of halogens is 1. The van der Waals surface area contributed by atoms with Crippen molar-refractivity contribution in [3.8, 4) is 17.2 Å². The van der Waals surface area contributed by atoms with Crippen LogP contribution in [0.4, 0.5) is 15.8 Å². The molecule has 2 aliphatic heterocycles. The highest BCUT2D eigenvalue weighted by molar-refractivity contribution is 6.07. The van der Waals surface area contributed by atoms with Crippen molar-refractivity contribution in [2.45, 2.75) is 0 Å². The van der Waals surface area contributed by atoms with Gasteiger partial charge in [0.25, 0.3) is 11.8 Å². The average molecular weight is 330 g/mol. The SMILES string of the molecule is O=C1COc2c(cc(F)cc2NC(=O)c2ccc3c(c2)OCO3)N1. The van der Waals surface area contributed by atoms with Crippen molar-refractivity contribution < 1.29 is 28.2 Å². The first kappa shape index (κ1) is 14.3. The number of carbonyl (C=O) groups is 2. The molecule has 122 valence electrons. The number of nitrogens with one attached hydrogen (secondary N) is 2. The lowest BCUT2D eigenvalue weighted by Crippen LogP contribution is -2.26. The molecule has 0 aliphatic carbocycles. The Morgan fingerprint density at radius 1 is 1.12 bits per heavy atom. The third-order valence-corrected chi connectivity index (χ3v) is 3.56. The second-order valence-corrected chi connectivity index (χ2v) is 5.19. The zero-order valence-corrected chi connectivity index (χ0v) is 12.2. The van der Waals surface area contributed by atoms with E-state index in [-0.39, 0.29) is 36.4 Å². The standard InChI is InChI=1S/C16H11FN2O5/c17-9-4-10-15(22-6-14(20)18-10)11(5-9)19-16(21)8-1-2-12-13(3-8)24-7-23-12/h1-5H,6-7H2,(H,18,20)(H,19,21). The van der Waals surface area contributed by atoms with Crippen LogP contribution >= 0.6 is 0 Å². The van der Waals surface area contributed by atoms with Crippen molar-refractivity contribution in [1.29, 1.82) is 0 Å². The third kappa shape index (κ3) is 2.47. The Morgan fingerprint density at radius 2 is 1.96 bits per heavy atom. The molecule has 7 nitrogen and oxygen atoms in total. The molecule has 0 aromatic heterocycles. The summed E-state index contributed by atoms with van der Waals surface area (Å²) in [6, 6.07) is 6.97. The van der Waals surface area contributed by atoms with Crippen LogP contribution < -0.4 is 24.8 Å². The van der Waals surface area contributed by atoms with Gasteiger partial charge >= 0.3 is 0 Å². The van der Waals surface area contributed by atoms with Crippen LogP contribution in [0.3, 0.4) is 0 Å². The Balaban J connectivity index is 1.63. The molecule has 2 aromatic rings. The van der Waals surface area contributed by atoms with E-state index in [2.05, 4.69) is 10.6 Å². The molecular formula is C16H11FN2O5. The van der Waals surface area contributed by atoms with Crippen molar-refractivity contribution in [3.05, 3.63) is 41.7 Å². The van der Waals surface area contributed by atoms with Crippen LogP contribution in [0.1, 0.15) is 10.4 Å². The molecule has 4 rings (SSSR count). The normalized spacial score (nSPS) is 14.5. The maximum atomic E-state index is 13.7. The lowest BCUT2D eigenvalue weighted by Gasteiger charge is -2.21. The van der Waals surface area contributed by atoms with Crippen LogP contribution in [0.15, 0.2) is 30.3 Å². The Kier molecular flexibility index (Phi) is 3.23. The molecule has 0 bridgehead atoms. The molecule has 2 heterocycles. The van der Waals surface area contributed by atoms with E-state index in [1.165, 1.54) is 6.07 Å². The summed E-state index contributed by atoms with van der Waals surface area (Å²) in [5.74, 6) is -0.235. The summed E-state index contributed by atoms with van der Waals surface area (Å²) in [5, 5.41) is 5.08. The number of fused-ring (bicyclic) bond motifs is 2. The van der Waals surface area contributed by atoms with E-state index in [9.17, 15) is 14.0 Å². The van der Waals surface area contributed by atoms with E-state index >= 15 is 0 Å². The Morgan fingerprint density at radius 3 is 2.83 bits per heavy atom. The topological polar surface area (TPSA) is 85.9 Å². The molecule has 24 heavy (non-hydrogen) atoms. The van der Waals surface area contributed by atoms with Gasteiger partial charge in [-0.05, 0) is 18.2 Å². The minimum absolute atomic E-state index is 0.103. The number of rotatable bonds is 2. The maximum absolute atomic E-state index is 13.7. The van der Waals surface area contributed by atoms with Crippen molar-refractivity contribution in [2.75, 3.05) is 24.0 Å². The van der Waals surface area contributed by atoms with Crippen LogP contribution in [-0.2, 0) is 4.79 Å². The van der Waals surface area contributed by atoms with Gasteiger partial charge in [-0.15, -0.1) is 0 Å². The number of benzene rings is 2. The second-order valence-electron chi connectivity index (χ2n) is 5.19. The predicted molar refractivity (Wildman–Crippen MR) is 81.0 cm³/mol. The molecule has 0 fully saturated rings. The largest absolute Gasteiger partial charge is 0.479 e. The van der Waals surface area contributed by atoms with Crippen molar-refractivity contribution >= 4 is 23.2 Å². The Hall–Kier alpha value is -3.29. The van der Waals surface area contributed by atoms with E-state index in [1.807, 2.05) is 0 Å². The minimum Gasteiger partial charge on any atom is -0.479 e. The molecular weight excluding hydrogens is 319 g/mol. The molecule has 2 amide bonds. The van der Waals surface area contributed by atoms with Crippen LogP contribution in [0, 0.1) is 5.82 Å². The van der Waals surface area contributed by atoms with Gasteiger partial charge in [-0.1, -0.05) is 0 Å². The molecule has 0 radical (unpaired) electrons. The summed E-state index contributed by atoms with van der Waals surface area (Å²) >= 11 is 0. The molecule has 0 unspecified atom stereocenters. The van der Waals surface area contributed by atoms with Gasteiger partial charge < -0.3 is 24.8 Å². The van der Waals surface area contributed by atoms with E-state index < -0.39 is 11.7 Å². The van der Waals surface area contributed by atoms with Crippen LogP contribution in [0.25, 0.3) is 0 Å². The monoisotopic (exact) mass is 330 g/mol. The molecule has 0 saturated heterocycles. The van der Waals surface area contributed by atoms with Gasteiger partial charge in [0.05, 0.1) is 11.4 Å². The van der Waals surface area contributed by atoms with Gasteiger partial charge in [-0.3, -0.25) is 9.59 Å². The molecule has 2 aromatic carbocycles. The first-order valence-corrected chi connectivity index (χ1v) is 7.07. The number of carbonyl (C=O) groups excluding carboxylic acids is 2. The predicted octanol–water partition coefficient (Wildman–Crippen LogP) is 2.14. The Bertz CT molecular complexity index is 868. The second kappa shape index (κ2) is 5.41. The third-order valence-electron chi connectivity index (χ3n) is 3.56. The Labute approximate surface area is 135 Å². The van der Waals surface area contributed by atoms with Gasteiger partial charge in [0.15, 0.2) is 23.9 Å². The summed E-state index contributed by atoms with van der Waals surface area (Å²) in [4.78, 5) is 23.7. The smallest absolute Gasteiger partial charge is 0.262 e.